The van der Waals surface area contributed by atoms with Crippen LogP contribution in [0.15, 0.2) is 29.2 Å². The lowest BCUT2D eigenvalue weighted by Crippen LogP contribution is -2.52. The lowest BCUT2D eigenvalue weighted by Gasteiger charge is -2.47. The van der Waals surface area contributed by atoms with Crippen LogP contribution in [0, 0.1) is 11.8 Å². The molecule has 5 nitrogen and oxygen atoms in total. The van der Waals surface area contributed by atoms with E-state index in [2.05, 4.69) is 11.6 Å². The standard InChI is InChI=1S/C21H32N2O3S/c1-4-16(3)22-27(25,26)18-11-9-17(10-12-18)21(24)23-14-13-15(2)19-7-5-6-8-20(19)23/h9-12,15-16,19-20,22H,4-8,13-14H2,1-3H3. The summed E-state index contributed by atoms with van der Waals surface area (Å²) in [5.74, 6) is 1.33. The number of nitrogens with one attached hydrogen (secondary N) is 1. The van der Waals surface area contributed by atoms with Gasteiger partial charge in [0.15, 0.2) is 0 Å². The highest BCUT2D eigenvalue weighted by atomic mass is 32.2. The molecule has 0 spiro atoms. The van der Waals surface area contributed by atoms with Crippen molar-refractivity contribution in [2.75, 3.05) is 6.54 Å². The molecule has 6 heteroatoms. The average Bonchev–Trinajstić information content (AvgIpc) is 2.68. The van der Waals surface area contributed by atoms with Crippen LogP contribution in [0.2, 0.25) is 0 Å². The van der Waals surface area contributed by atoms with E-state index in [1.54, 1.807) is 24.3 Å². The Hall–Kier alpha value is -1.40. The van der Waals surface area contributed by atoms with Crippen molar-refractivity contribution in [3.8, 4) is 0 Å². The van der Waals surface area contributed by atoms with Crippen LogP contribution in [0.25, 0.3) is 0 Å². The topological polar surface area (TPSA) is 66.5 Å². The first kappa shape index (κ1) is 20.3. The zero-order valence-electron chi connectivity index (χ0n) is 16.6. The maximum Gasteiger partial charge on any atom is 0.254 e. The normalized spacial score (nSPS) is 27.1. The summed E-state index contributed by atoms with van der Waals surface area (Å²) in [6.45, 7) is 6.89. The van der Waals surface area contributed by atoms with Crippen LogP contribution in [-0.2, 0) is 10.0 Å². The van der Waals surface area contributed by atoms with E-state index < -0.39 is 10.0 Å². The van der Waals surface area contributed by atoms with Crippen LogP contribution >= 0.6 is 0 Å². The molecule has 1 saturated carbocycles. The summed E-state index contributed by atoms with van der Waals surface area (Å²) in [6.07, 6.45) is 6.55. The number of sulfonamides is 1. The number of amides is 1. The SMILES string of the molecule is CCC(C)NS(=O)(=O)c1ccc(C(=O)N2CCC(C)C3CCCCC32)cc1. The van der Waals surface area contributed by atoms with Crippen molar-refractivity contribution in [3.63, 3.8) is 0 Å². The smallest absolute Gasteiger partial charge is 0.254 e. The number of carbonyl (C=O) groups excluding carboxylic acids is 1. The second-order valence-electron chi connectivity index (χ2n) is 8.24. The second kappa shape index (κ2) is 8.31. The highest BCUT2D eigenvalue weighted by Crippen LogP contribution is 2.39. The summed E-state index contributed by atoms with van der Waals surface area (Å²) in [5.41, 5.74) is 0.580. The largest absolute Gasteiger partial charge is 0.335 e. The number of carbonyl (C=O) groups is 1. The number of hydrogen-bond donors (Lipinski definition) is 1. The molecule has 2 fully saturated rings. The van der Waals surface area contributed by atoms with E-state index in [1.165, 1.54) is 19.3 Å². The highest BCUT2D eigenvalue weighted by Gasteiger charge is 2.39. The molecule has 2 aliphatic rings. The lowest BCUT2D eigenvalue weighted by atomic mass is 9.72. The lowest BCUT2D eigenvalue weighted by molar-refractivity contribution is 0.0217. The van der Waals surface area contributed by atoms with Gasteiger partial charge in [0.25, 0.3) is 5.91 Å². The summed E-state index contributed by atoms with van der Waals surface area (Å²) in [7, 11) is -3.54. The Balaban J connectivity index is 1.76. The first-order valence-corrected chi connectivity index (χ1v) is 11.7. The minimum atomic E-state index is -3.54. The van der Waals surface area contributed by atoms with Crippen molar-refractivity contribution in [1.82, 2.24) is 9.62 Å². The molecule has 3 rings (SSSR count). The Kier molecular flexibility index (Phi) is 6.26. The van der Waals surface area contributed by atoms with Gasteiger partial charge in [-0.05, 0) is 68.7 Å². The fraction of sp³-hybridized carbons (Fsp3) is 0.667. The van der Waals surface area contributed by atoms with Gasteiger partial charge in [-0.1, -0.05) is 26.7 Å². The maximum atomic E-state index is 13.1. The highest BCUT2D eigenvalue weighted by molar-refractivity contribution is 7.89. The molecule has 1 heterocycles. The molecule has 1 saturated heterocycles. The van der Waals surface area contributed by atoms with Crippen LogP contribution in [0.1, 0.15) is 69.7 Å². The van der Waals surface area contributed by atoms with Gasteiger partial charge in [0, 0.05) is 24.2 Å². The molecule has 4 unspecified atom stereocenters. The van der Waals surface area contributed by atoms with Crippen molar-refractivity contribution >= 4 is 15.9 Å². The summed E-state index contributed by atoms with van der Waals surface area (Å²) in [6, 6.07) is 6.62. The Morgan fingerprint density at radius 1 is 1.19 bits per heavy atom. The molecule has 0 bridgehead atoms. The molecule has 1 aliphatic heterocycles. The number of rotatable bonds is 5. The zero-order chi connectivity index (χ0) is 19.6. The van der Waals surface area contributed by atoms with Crippen molar-refractivity contribution in [1.29, 1.82) is 0 Å². The van der Waals surface area contributed by atoms with Crippen molar-refractivity contribution < 1.29 is 13.2 Å². The summed E-state index contributed by atoms with van der Waals surface area (Å²) in [5, 5.41) is 0. The summed E-state index contributed by atoms with van der Waals surface area (Å²) >= 11 is 0. The van der Waals surface area contributed by atoms with Crippen LogP contribution < -0.4 is 4.72 Å². The van der Waals surface area contributed by atoms with E-state index in [1.807, 2.05) is 18.7 Å². The number of benzene rings is 1. The minimum absolute atomic E-state index is 0.0395. The van der Waals surface area contributed by atoms with E-state index >= 15 is 0 Å². The molecule has 1 aromatic rings. The second-order valence-corrected chi connectivity index (χ2v) is 9.95. The molecule has 150 valence electrons. The Bertz CT molecular complexity index is 760. The van der Waals surface area contributed by atoms with Gasteiger partial charge in [0.05, 0.1) is 4.90 Å². The van der Waals surface area contributed by atoms with E-state index in [9.17, 15) is 13.2 Å². The van der Waals surface area contributed by atoms with Crippen LogP contribution in [0.4, 0.5) is 0 Å². The number of nitrogens with zero attached hydrogens (tertiary/aromatic N) is 1. The Morgan fingerprint density at radius 3 is 2.52 bits per heavy atom. The van der Waals surface area contributed by atoms with Gasteiger partial charge in [-0.25, -0.2) is 13.1 Å². The summed E-state index contributed by atoms with van der Waals surface area (Å²) < 4.78 is 27.5. The molecule has 4 atom stereocenters. The van der Waals surface area contributed by atoms with Gasteiger partial charge in [0.1, 0.15) is 0 Å². The van der Waals surface area contributed by atoms with Crippen molar-refractivity contribution in [3.05, 3.63) is 29.8 Å². The summed E-state index contributed by atoms with van der Waals surface area (Å²) in [4.78, 5) is 15.4. The van der Waals surface area contributed by atoms with Crippen LogP contribution in [-0.4, -0.2) is 37.9 Å². The van der Waals surface area contributed by atoms with E-state index in [0.29, 0.717) is 23.4 Å². The zero-order valence-corrected chi connectivity index (χ0v) is 17.5. The third kappa shape index (κ3) is 4.37. The quantitative estimate of drug-likeness (QED) is 0.829. The first-order valence-electron chi connectivity index (χ1n) is 10.3. The molecule has 1 amide bonds. The molecule has 27 heavy (non-hydrogen) atoms. The van der Waals surface area contributed by atoms with Gasteiger partial charge < -0.3 is 4.90 Å². The molecular weight excluding hydrogens is 360 g/mol. The Labute approximate surface area is 163 Å². The van der Waals surface area contributed by atoms with Gasteiger partial charge in [-0.15, -0.1) is 0 Å². The monoisotopic (exact) mass is 392 g/mol. The van der Waals surface area contributed by atoms with Gasteiger partial charge in [0.2, 0.25) is 10.0 Å². The van der Waals surface area contributed by atoms with Crippen LogP contribution in [0.3, 0.4) is 0 Å². The first-order chi connectivity index (χ1) is 12.8. The maximum absolute atomic E-state index is 13.1. The van der Waals surface area contributed by atoms with Gasteiger partial charge in [-0.3, -0.25) is 4.79 Å². The van der Waals surface area contributed by atoms with Crippen molar-refractivity contribution in [2.24, 2.45) is 11.8 Å². The average molecular weight is 393 g/mol. The minimum Gasteiger partial charge on any atom is -0.335 e. The molecule has 0 aromatic heterocycles. The van der Waals surface area contributed by atoms with Gasteiger partial charge in [-0.2, -0.15) is 0 Å². The van der Waals surface area contributed by atoms with Crippen molar-refractivity contribution in [2.45, 2.75) is 76.3 Å². The van der Waals surface area contributed by atoms with E-state index in [-0.39, 0.29) is 16.8 Å². The molecule has 1 aromatic carbocycles. The molecule has 1 aliphatic carbocycles. The fourth-order valence-electron chi connectivity index (χ4n) is 4.52. The van der Waals surface area contributed by atoms with E-state index in [4.69, 9.17) is 0 Å². The third-order valence-corrected chi connectivity index (χ3v) is 7.98. The molecular formula is C21H32N2O3S. The number of likely N-dealkylation sites (tertiary alicyclic amines) is 1. The van der Waals surface area contributed by atoms with Gasteiger partial charge >= 0.3 is 0 Å². The van der Waals surface area contributed by atoms with Crippen LogP contribution in [0.5, 0.6) is 0 Å². The predicted molar refractivity (Wildman–Crippen MR) is 107 cm³/mol. The Morgan fingerprint density at radius 2 is 1.85 bits per heavy atom. The molecule has 0 radical (unpaired) electrons. The number of fused-ring (bicyclic) bond motifs is 1. The number of hydrogen-bond acceptors (Lipinski definition) is 3. The fourth-order valence-corrected chi connectivity index (χ4v) is 5.85. The third-order valence-electron chi connectivity index (χ3n) is 6.38. The number of piperidine rings is 1. The predicted octanol–water partition coefficient (Wildman–Crippen LogP) is 3.80. The molecule has 1 N–H and O–H groups in total. The van der Waals surface area contributed by atoms with E-state index in [0.717, 1.165) is 25.8 Å².